The Hall–Kier alpha value is -3.87. The Bertz CT molecular complexity index is 1060. The van der Waals surface area contributed by atoms with Crippen LogP contribution in [0.5, 0.6) is 0 Å². The van der Waals surface area contributed by atoms with E-state index < -0.39 is 17.9 Å². The predicted molar refractivity (Wildman–Crippen MR) is 125 cm³/mol. The highest BCUT2D eigenvalue weighted by Crippen LogP contribution is 2.29. The van der Waals surface area contributed by atoms with Crippen LogP contribution in [0.4, 0.5) is 5.69 Å². The molecule has 4 rings (SSSR count). The van der Waals surface area contributed by atoms with Crippen molar-refractivity contribution >= 4 is 23.4 Å². The molecule has 0 unspecified atom stereocenters. The Morgan fingerprint density at radius 2 is 1.58 bits per heavy atom. The Kier molecular flexibility index (Phi) is 7.19. The molecule has 1 atom stereocenters. The average Bonchev–Trinajstić information content (AvgIpc) is 3.56. The van der Waals surface area contributed by atoms with E-state index in [4.69, 9.17) is 4.42 Å². The third kappa shape index (κ3) is 5.49. The standard InChI is InChI=1S/C26H27N3O4/c30-23(18-27-25(31)22-16-9-17-33-22)29(21-14-5-2-6-15-21)24(19-10-3-1-4-11-19)26(32)28-20-12-7-8-13-20/h1-6,9-11,14-17,20,24H,7-8,12-13,18H2,(H,27,31)(H,28,32)/t24-/m0/s1. The average molecular weight is 446 g/mol. The molecular weight excluding hydrogens is 418 g/mol. The molecule has 1 heterocycles. The van der Waals surface area contributed by atoms with Crippen LogP contribution < -0.4 is 15.5 Å². The van der Waals surface area contributed by atoms with Gasteiger partial charge in [0.2, 0.25) is 11.8 Å². The van der Waals surface area contributed by atoms with Crippen molar-refractivity contribution in [3.8, 4) is 0 Å². The molecule has 1 fully saturated rings. The van der Waals surface area contributed by atoms with E-state index in [1.165, 1.54) is 17.2 Å². The Labute approximate surface area is 192 Å². The fourth-order valence-electron chi connectivity index (χ4n) is 4.16. The number of amides is 3. The summed E-state index contributed by atoms with van der Waals surface area (Å²) in [4.78, 5) is 40.8. The van der Waals surface area contributed by atoms with Gasteiger partial charge in [-0.3, -0.25) is 19.3 Å². The maximum absolute atomic E-state index is 13.5. The van der Waals surface area contributed by atoms with Crippen molar-refractivity contribution in [3.63, 3.8) is 0 Å². The van der Waals surface area contributed by atoms with Gasteiger partial charge >= 0.3 is 0 Å². The van der Waals surface area contributed by atoms with Gasteiger partial charge in [-0.05, 0) is 42.7 Å². The summed E-state index contributed by atoms with van der Waals surface area (Å²) in [6.07, 6.45) is 5.44. The number of anilines is 1. The molecule has 1 saturated carbocycles. The summed E-state index contributed by atoms with van der Waals surface area (Å²) < 4.78 is 5.10. The molecule has 0 aliphatic heterocycles. The van der Waals surface area contributed by atoms with E-state index in [0.717, 1.165) is 25.7 Å². The fourth-order valence-corrected chi connectivity index (χ4v) is 4.16. The second-order valence-electron chi connectivity index (χ2n) is 8.06. The van der Waals surface area contributed by atoms with Gasteiger partial charge in [-0.25, -0.2) is 0 Å². The van der Waals surface area contributed by atoms with Gasteiger partial charge in [0.15, 0.2) is 5.76 Å². The van der Waals surface area contributed by atoms with Crippen molar-refractivity contribution in [1.29, 1.82) is 0 Å². The number of benzene rings is 2. The third-order valence-corrected chi connectivity index (χ3v) is 5.77. The molecule has 7 nitrogen and oxygen atoms in total. The number of hydrogen-bond donors (Lipinski definition) is 2. The van der Waals surface area contributed by atoms with Gasteiger partial charge in [0.05, 0.1) is 12.8 Å². The maximum atomic E-state index is 13.5. The van der Waals surface area contributed by atoms with Crippen LogP contribution in [0.1, 0.15) is 47.8 Å². The maximum Gasteiger partial charge on any atom is 0.287 e. The summed E-state index contributed by atoms with van der Waals surface area (Å²) in [7, 11) is 0. The molecule has 2 N–H and O–H groups in total. The minimum absolute atomic E-state index is 0.107. The summed E-state index contributed by atoms with van der Waals surface area (Å²) in [5.74, 6) is -1.01. The Morgan fingerprint density at radius 3 is 2.21 bits per heavy atom. The highest BCUT2D eigenvalue weighted by molar-refractivity contribution is 6.04. The minimum Gasteiger partial charge on any atom is -0.459 e. The monoisotopic (exact) mass is 445 g/mol. The van der Waals surface area contributed by atoms with Gasteiger partial charge < -0.3 is 15.1 Å². The first-order chi connectivity index (χ1) is 16.1. The highest BCUT2D eigenvalue weighted by Gasteiger charge is 2.34. The molecule has 0 bridgehead atoms. The molecular formula is C26H27N3O4. The molecule has 1 aromatic heterocycles. The molecule has 0 saturated heterocycles. The first-order valence-corrected chi connectivity index (χ1v) is 11.2. The molecule has 7 heteroatoms. The van der Waals surface area contributed by atoms with Gasteiger partial charge in [-0.1, -0.05) is 61.4 Å². The molecule has 170 valence electrons. The zero-order chi connectivity index (χ0) is 23.0. The summed E-state index contributed by atoms with van der Waals surface area (Å²) >= 11 is 0. The van der Waals surface area contributed by atoms with Gasteiger partial charge in [0.1, 0.15) is 6.04 Å². The second-order valence-corrected chi connectivity index (χ2v) is 8.06. The number of para-hydroxylation sites is 1. The van der Waals surface area contributed by atoms with Gasteiger partial charge in [0.25, 0.3) is 5.91 Å². The topological polar surface area (TPSA) is 91.7 Å². The minimum atomic E-state index is -0.873. The SMILES string of the molecule is O=C(NCC(=O)N(c1ccccc1)[C@H](C(=O)NC1CCCC1)c1ccccc1)c1ccco1. The molecule has 2 aromatic carbocycles. The van der Waals surface area contributed by atoms with Gasteiger partial charge in [0, 0.05) is 11.7 Å². The first kappa shape index (κ1) is 22.3. The summed E-state index contributed by atoms with van der Waals surface area (Å²) in [6, 6.07) is 20.6. The Morgan fingerprint density at radius 1 is 0.909 bits per heavy atom. The van der Waals surface area contributed by atoms with E-state index in [2.05, 4.69) is 10.6 Å². The molecule has 33 heavy (non-hydrogen) atoms. The summed E-state index contributed by atoms with van der Waals surface area (Å²) in [5.41, 5.74) is 1.27. The normalized spacial score (nSPS) is 14.4. The second kappa shape index (κ2) is 10.6. The Balaban J connectivity index is 1.63. The number of hydrogen-bond acceptors (Lipinski definition) is 4. The lowest BCUT2D eigenvalue weighted by Gasteiger charge is -2.32. The third-order valence-electron chi connectivity index (χ3n) is 5.77. The van der Waals surface area contributed by atoms with Crippen LogP contribution in [0.3, 0.4) is 0 Å². The zero-order valence-corrected chi connectivity index (χ0v) is 18.3. The number of furan rings is 1. The molecule has 0 radical (unpaired) electrons. The molecule has 1 aliphatic carbocycles. The number of rotatable bonds is 8. The van der Waals surface area contributed by atoms with E-state index in [9.17, 15) is 14.4 Å². The van der Waals surface area contributed by atoms with Crippen LogP contribution in [0.15, 0.2) is 83.5 Å². The van der Waals surface area contributed by atoms with Crippen molar-refractivity contribution < 1.29 is 18.8 Å². The zero-order valence-electron chi connectivity index (χ0n) is 18.3. The number of nitrogens with zero attached hydrogens (tertiary/aromatic N) is 1. The van der Waals surface area contributed by atoms with E-state index in [0.29, 0.717) is 11.3 Å². The van der Waals surface area contributed by atoms with E-state index in [-0.39, 0.29) is 24.3 Å². The molecule has 0 spiro atoms. The quantitative estimate of drug-likeness (QED) is 0.551. The van der Waals surface area contributed by atoms with E-state index in [1.807, 2.05) is 48.5 Å². The number of carbonyl (C=O) groups is 3. The van der Waals surface area contributed by atoms with Gasteiger partial charge in [-0.15, -0.1) is 0 Å². The van der Waals surface area contributed by atoms with Crippen LogP contribution in [0, 0.1) is 0 Å². The molecule has 3 amide bonds. The van der Waals surface area contributed by atoms with E-state index in [1.54, 1.807) is 18.2 Å². The molecule has 1 aliphatic rings. The number of carbonyl (C=O) groups excluding carboxylic acids is 3. The summed E-state index contributed by atoms with van der Waals surface area (Å²) in [6.45, 7) is -0.283. The van der Waals surface area contributed by atoms with Crippen LogP contribution >= 0.6 is 0 Å². The number of nitrogens with one attached hydrogen (secondary N) is 2. The predicted octanol–water partition coefficient (Wildman–Crippen LogP) is 3.84. The lowest BCUT2D eigenvalue weighted by molar-refractivity contribution is -0.126. The van der Waals surface area contributed by atoms with Crippen molar-refractivity contribution in [2.75, 3.05) is 11.4 Å². The largest absolute Gasteiger partial charge is 0.459 e. The lowest BCUT2D eigenvalue weighted by Crippen LogP contribution is -2.49. The van der Waals surface area contributed by atoms with Gasteiger partial charge in [-0.2, -0.15) is 0 Å². The summed E-state index contributed by atoms with van der Waals surface area (Å²) in [5, 5.41) is 5.73. The molecule has 3 aromatic rings. The smallest absolute Gasteiger partial charge is 0.287 e. The van der Waals surface area contributed by atoms with Crippen LogP contribution in [-0.4, -0.2) is 30.3 Å². The van der Waals surface area contributed by atoms with Crippen LogP contribution in [0.2, 0.25) is 0 Å². The van der Waals surface area contributed by atoms with E-state index >= 15 is 0 Å². The van der Waals surface area contributed by atoms with Crippen molar-refractivity contribution in [2.24, 2.45) is 0 Å². The lowest BCUT2D eigenvalue weighted by atomic mass is 10.0. The van der Waals surface area contributed by atoms with Crippen molar-refractivity contribution in [1.82, 2.24) is 10.6 Å². The first-order valence-electron chi connectivity index (χ1n) is 11.2. The van der Waals surface area contributed by atoms with Crippen molar-refractivity contribution in [3.05, 3.63) is 90.4 Å². The van der Waals surface area contributed by atoms with Crippen LogP contribution in [0.25, 0.3) is 0 Å². The fraction of sp³-hybridized carbons (Fsp3) is 0.269. The van der Waals surface area contributed by atoms with Crippen LogP contribution in [-0.2, 0) is 9.59 Å². The highest BCUT2D eigenvalue weighted by atomic mass is 16.3. The van der Waals surface area contributed by atoms with Crippen molar-refractivity contribution in [2.45, 2.75) is 37.8 Å².